The van der Waals surface area contributed by atoms with Gasteiger partial charge in [0.05, 0.1) is 10.6 Å². The van der Waals surface area contributed by atoms with Crippen LogP contribution in [0.15, 0.2) is 53.0 Å². The second-order valence-corrected chi connectivity index (χ2v) is 6.00. The van der Waals surface area contributed by atoms with E-state index in [4.69, 9.17) is 11.6 Å². The molecule has 2 N–H and O–H groups in total. The zero-order valence-corrected chi connectivity index (χ0v) is 13.8. The highest BCUT2D eigenvalue weighted by Gasteiger charge is 2.22. The number of halogens is 2. The Kier molecular flexibility index (Phi) is 5.57. The van der Waals surface area contributed by atoms with Gasteiger partial charge in [-0.1, -0.05) is 51.8 Å². The second-order valence-electron chi connectivity index (χ2n) is 4.68. The predicted molar refractivity (Wildman–Crippen MR) is 88.2 cm³/mol. The van der Waals surface area contributed by atoms with Gasteiger partial charge in [0.2, 0.25) is 0 Å². The molecule has 0 aliphatic heterocycles. The van der Waals surface area contributed by atoms with Crippen molar-refractivity contribution in [3.8, 4) is 0 Å². The van der Waals surface area contributed by atoms with E-state index in [9.17, 15) is 14.7 Å². The fraction of sp³-hybridized carbons (Fsp3) is 0.125. The summed E-state index contributed by atoms with van der Waals surface area (Å²) in [5, 5.41) is 12.1. The molecule has 0 fully saturated rings. The number of nitrogens with one attached hydrogen (secondary N) is 1. The molecule has 114 valence electrons. The van der Waals surface area contributed by atoms with Crippen molar-refractivity contribution >= 4 is 39.4 Å². The summed E-state index contributed by atoms with van der Waals surface area (Å²) >= 11 is 9.28. The number of aliphatic carboxylic acids is 1. The number of benzene rings is 2. The molecule has 2 rings (SSSR count). The molecular weight excluding hydrogens is 370 g/mol. The van der Waals surface area contributed by atoms with Gasteiger partial charge in [0, 0.05) is 10.9 Å². The lowest BCUT2D eigenvalue weighted by Crippen LogP contribution is -2.42. The number of carboxylic acid groups (broad SMARTS) is 1. The number of carbonyl (C=O) groups is 2. The molecular formula is C16H13BrClNO3. The summed E-state index contributed by atoms with van der Waals surface area (Å²) < 4.78 is 0.853. The first-order valence-corrected chi connectivity index (χ1v) is 7.67. The molecule has 22 heavy (non-hydrogen) atoms. The van der Waals surface area contributed by atoms with E-state index < -0.39 is 17.9 Å². The molecule has 0 aromatic heterocycles. The Balaban J connectivity index is 2.14. The zero-order valence-electron chi connectivity index (χ0n) is 11.4. The molecule has 0 spiro atoms. The maximum absolute atomic E-state index is 12.2. The van der Waals surface area contributed by atoms with Crippen molar-refractivity contribution in [2.75, 3.05) is 0 Å². The summed E-state index contributed by atoms with van der Waals surface area (Å²) in [6, 6.07) is 12.8. The van der Waals surface area contributed by atoms with E-state index in [1.165, 1.54) is 0 Å². The zero-order chi connectivity index (χ0) is 16.1. The lowest BCUT2D eigenvalue weighted by atomic mass is 10.1. The fourth-order valence-electron chi connectivity index (χ4n) is 1.98. The van der Waals surface area contributed by atoms with E-state index in [2.05, 4.69) is 21.2 Å². The summed E-state index contributed by atoms with van der Waals surface area (Å²) in [6.07, 6.45) is 0.185. The van der Waals surface area contributed by atoms with Crippen molar-refractivity contribution in [1.29, 1.82) is 0 Å². The van der Waals surface area contributed by atoms with Gasteiger partial charge in [-0.05, 0) is 29.8 Å². The standard InChI is InChI=1S/C16H13BrClNO3/c17-11-5-3-4-10(8-11)9-14(16(21)22)19-15(20)12-6-1-2-7-13(12)18/h1-8,14H,9H2,(H,19,20)(H,21,22)/t14-/m1/s1. The number of rotatable bonds is 5. The second kappa shape index (κ2) is 7.42. The molecule has 1 amide bonds. The van der Waals surface area contributed by atoms with Crippen LogP contribution in [0.3, 0.4) is 0 Å². The molecule has 0 unspecified atom stereocenters. The Morgan fingerprint density at radius 3 is 2.55 bits per heavy atom. The van der Waals surface area contributed by atoms with Gasteiger partial charge in [0.1, 0.15) is 6.04 Å². The molecule has 0 saturated carbocycles. The van der Waals surface area contributed by atoms with Crippen molar-refractivity contribution in [3.05, 3.63) is 69.2 Å². The monoisotopic (exact) mass is 381 g/mol. The topological polar surface area (TPSA) is 66.4 Å². The molecule has 0 radical (unpaired) electrons. The predicted octanol–water partition coefficient (Wildman–Crippen LogP) is 3.53. The third kappa shape index (κ3) is 4.32. The van der Waals surface area contributed by atoms with Crippen LogP contribution in [-0.2, 0) is 11.2 Å². The van der Waals surface area contributed by atoms with Gasteiger partial charge in [-0.2, -0.15) is 0 Å². The van der Waals surface area contributed by atoms with Crippen molar-refractivity contribution in [2.24, 2.45) is 0 Å². The van der Waals surface area contributed by atoms with E-state index in [1.807, 2.05) is 24.3 Å². The van der Waals surface area contributed by atoms with Crippen LogP contribution >= 0.6 is 27.5 Å². The van der Waals surface area contributed by atoms with Crippen LogP contribution in [0.4, 0.5) is 0 Å². The van der Waals surface area contributed by atoms with Crippen LogP contribution < -0.4 is 5.32 Å². The molecule has 0 aliphatic carbocycles. The lowest BCUT2D eigenvalue weighted by molar-refractivity contribution is -0.139. The van der Waals surface area contributed by atoms with E-state index in [-0.39, 0.29) is 17.0 Å². The third-order valence-corrected chi connectivity index (χ3v) is 3.87. The summed E-state index contributed by atoms with van der Waals surface area (Å²) in [7, 11) is 0. The molecule has 0 bridgehead atoms. The van der Waals surface area contributed by atoms with Gasteiger partial charge in [0.25, 0.3) is 5.91 Å². The molecule has 0 aliphatic rings. The van der Waals surface area contributed by atoms with E-state index in [0.29, 0.717) is 0 Å². The highest BCUT2D eigenvalue weighted by atomic mass is 79.9. The van der Waals surface area contributed by atoms with E-state index >= 15 is 0 Å². The minimum absolute atomic E-state index is 0.185. The van der Waals surface area contributed by atoms with Crippen LogP contribution in [-0.4, -0.2) is 23.0 Å². The highest BCUT2D eigenvalue weighted by Crippen LogP contribution is 2.16. The summed E-state index contributed by atoms with van der Waals surface area (Å²) in [5.41, 5.74) is 1.06. The number of carboxylic acids is 1. The van der Waals surface area contributed by atoms with Gasteiger partial charge >= 0.3 is 5.97 Å². The van der Waals surface area contributed by atoms with Crippen LogP contribution in [0.25, 0.3) is 0 Å². The number of hydrogen-bond acceptors (Lipinski definition) is 2. The third-order valence-electron chi connectivity index (χ3n) is 3.05. The SMILES string of the molecule is O=C(N[C@H](Cc1cccc(Br)c1)C(=O)O)c1ccccc1Cl. The first-order chi connectivity index (χ1) is 10.5. The molecule has 6 heteroatoms. The minimum atomic E-state index is -1.10. The summed E-state index contributed by atoms with van der Waals surface area (Å²) in [5.74, 6) is -1.60. The summed E-state index contributed by atoms with van der Waals surface area (Å²) in [6.45, 7) is 0. The maximum atomic E-state index is 12.2. The molecule has 1 atom stereocenters. The Morgan fingerprint density at radius 1 is 1.18 bits per heavy atom. The van der Waals surface area contributed by atoms with Crippen LogP contribution in [0.2, 0.25) is 5.02 Å². The Morgan fingerprint density at radius 2 is 1.91 bits per heavy atom. The number of carbonyl (C=O) groups excluding carboxylic acids is 1. The van der Waals surface area contributed by atoms with Gasteiger partial charge in [-0.25, -0.2) is 4.79 Å². The lowest BCUT2D eigenvalue weighted by Gasteiger charge is -2.15. The van der Waals surface area contributed by atoms with E-state index in [1.54, 1.807) is 24.3 Å². The van der Waals surface area contributed by atoms with Gasteiger partial charge < -0.3 is 10.4 Å². The first-order valence-electron chi connectivity index (χ1n) is 6.50. The van der Waals surface area contributed by atoms with E-state index in [0.717, 1.165) is 10.0 Å². The summed E-state index contributed by atoms with van der Waals surface area (Å²) in [4.78, 5) is 23.6. The number of hydrogen-bond donors (Lipinski definition) is 2. The highest BCUT2D eigenvalue weighted by molar-refractivity contribution is 9.10. The Hall–Kier alpha value is -1.85. The Labute approximate surface area is 141 Å². The fourth-order valence-corrected chi connectivity index (χ4v) is 2.65. The average Bonchev–Trinajstić information content (AvgIpc) is 2.46. The van der Waals surface area contributed by atoms with Gasteiger partial charge in [0.15, 0.2) is 0 Å². The molecule has 2 aromatic carbocycles. The molecule has 2 aromatic rings. The van der Waals surface area contributed by atoms with Crippen molar-refractivity contribution in [1.82, 2.24) is 5.32 Å². The van der Waals surface area contributed by atoms with Crippen LogP contribution in [0, 0.1) is 0 Å². The van der Waals surface area contributed by atoms with Crippen molar-refractivity contribution in [3.63, 3.8) is 0 Å². The smallest absolute Gasteiger partial charge is 0.326 e. The van der Waals surface area contributed by atoms with Crippen LogP contribution in [0.5, 0.6) is 0 Å². The van der Waals surface area contributed by atoms with Gasteiger partial charge in [-0.15, -0.1) is 0 Å². The first kappa shape index (κ1) is 16.5. The number of amides is 1. The van der Waals surface area contributed by atoms with Crippen molar-refractivity contribution in [2.45, 2.75) is 12.5 Å². The van der Waals surface area contributed by atoms with Crippen molar-refractivity contribution < 1.29 is 14.7 Å². The minimum Gasteiger partial charge on any atom is -0.480 e. The maximum Gasteiger partial charge on any atom is 0.326 e. The average molecular weight is 383 g/mol. The quantitative estimate of drug-likeness (QED) is 0.831. The largest absolute Gasteiger partial charge is 0.480 e. The van der Waals surface area contributed by atoms with Crippen LogP contribution in [0.1, 0.15) is 15.9 Å². The normalized spacial score (nSPS) is 11.7. The Bertz CT molecular complexity index is 705. The molecule has 0 saturated heterocycles. The van der Waals surface area contributed by atoms with Gasteiger partial charge in [-0.3, -0.25) is 4.79 Å². The molecule has 0 heterocycles. The molecule has 4 nitrogen and oxygen atoms in total.